The van der Waals surface area contributed by atoms with E-state index in [1.54, 1.807) is 39.0 Å². The summed E-state index contributed by atoms with van der Waals surface area (Å²) in [5, 5.41) is 22.6. The summed E-state index contributed by atoms with van der Waals surface area (Å²) in [4.78, 5) is 23.7. The average Bonchev–Trinajstić information content (AvgIpc) is 2.63. The fourth-order valence-corrected chi connectivity index (χ4v) is 3.71. The van der Waals surface area contributed by atoms with Crippen molar-refractivity contribution in [1.82, 2.24) is 5.32 Å². The summed E-state index contributed by atoms with van der Waals surface area (Å²) in [6.07, 6.45) is -0.476. The second-order valence-electron chi connectivity index (χ2n) is 8.35. The first-order valence-corrected chi connectivity index (χ1v) is 10.7. The van der Waals surface area contributed by atoms with Crippen molar-refractivity contribution in [1.29, 1.82) is 0 Å². The molecule has 2 aromatic carbocycles. The van der Waals surface area contributed by atoms with Gasteiger partial charge in [-0.3, -0.25) is 0 Å². The number of phenolic OH excluding ortho intramolecular Hbond substituents is 1. The minimum atomic E-state index is -1.21. The molecule has 9 heteroatoms. The van der Waals surface area contributed by atoms with Gasteiger partial charge in [-0.05, 0) is 68.7 Å². The molecular formula is C23H27Cl2NO6. The molecule has 1 atom stereocenters. The first kappa shape index (κ1) is 25.6. The van der Waals surface area contributed by atoms with Crippen molar-refractivity contribution in [3.63, 3.8) is 0 Å². The molecule has 0 unspecified atom stereocenters. The van der Waals surface area contributed by atoms with Crippen molar-refractivity contribution in [2.24, 2.45) is 0 Å². The van der Waals surface area contributed by atoms with Gasteiger partial charge in [0.25, 0.3) is 0 Å². The number of nitrogens with one attached hydrogen (secondary N) is 1. The Morgan fingerprint density at radius 3 is 2.28 bits per heavy atom. The van der Waals surface area contributed by atoms with Gasteiger partial charge < -0.3 is 25.0 Å². The number of carbonyl (C=O) groups excluding carboxylic acids is 1. The topological polar surface area (TPSA) is 105 Å². The third-order valence-corrected chi connectivity index (χ3v) is 4.92. The SMILES string of the molecule is Cc1cc(Cl)c(OCCc2cc(O)ccc2C[C@H](NC(=O)OC(C)(C)C)C(=O)O)c(Cl)c1. The number of aliphatic carboxylic acids is 1. The minimum absolute atomic E-state index is 0.00374. The maximum Gasteiger partial charge on any atom is 0.408 e. The van der Waals surface area contributed by atoms with E-state index >= 15 is 0 Å². The van der Waals surface area contributed by atoms with E-state index in [9.17, 15) is 19.8 Å². The number of rotatable bonds is 8. The molecule has 32 heavy (non-hydrogen) atoms. The number of benzene rings is 2. The van der Waals surface area contributed by atoms with Gasteiger partial charge in [-0.15, -0.1) is 0 Å². The molecule has 0 aliphatic heterocycles. The third kappa shape index (κ3) is 7.80. The normalized spacial score (nSPS) is 12.2. The molecule has 0 aliphatic rings. The lowest BCUT2D eigenvalue weighted by Crippen LogP contribution is -2.44. The van der Waals surface area contributed by atoms with E-state index in [-0.39, 0.29) is 18.8 Å². The molecule has 0 heterocycles. The van der Waals surface area contributed by atoms with Crippen molar-refractivity contribution in [2.75, 3.05) is 6.61 Å². The smallest absolute Gasteiger partial charge is 0.408 e. The van der Waals surface area contributed by atoms with Crippen LogP contribution in [0.25, 0.3) is 0 Å². The van der Waals surface area contributed by atoms with E-state index in [0.29, 0.717) is 33.3 Å². The highest BCUT2D eigenvalue weighted by Crippen LogP contribution is 2.34. The highest BCUT2D eigenvalue weighted by Gasteiger charge is 2.25. The van der Waals surface area contributed by atoms with Crippen molar-refractivity contribution in [3.8, 4) is 11.5 Å². The van der Waals surface area contributed by atoms with Crippen LogP contribution in [0.3, 0.4) is 0 Å². The summed E-state index contributed by atoms with van der Waals surface area (Å²) in [6.45, 7) is 7.12. The maximum atomic E-state index is 12.0. The predicted molar refractivity (Wildman–Crippen MR) is 123 cm³/mol. The molecule has 0 bridgehead atoms. The Labute approximate surface area is 197 Å². The summed E-state index contributed by atoms with van der Waals surface area (Å²) in [5.74, 6) is -0.817. The van der Waals surface area contributed by atoms with E-state index in [1.807, 2.05) is 6.92 Å². The molecule has 2 rings (SSSR count). The van der Waals surface area contributed by atoms with Crippen LogP contribution in [-0.4, -0.2) is 40.5 Å². The largest absolute Gasteiger partial charge is 0.508 e. The Balaban J connectivity index is 2.13. The van der Waals surface area contributed by atoms with Gasteiger partial charge in [-0.1, -0.05) is 29.3 Å². The van der Waals surface area contributed by atoms with Crippen LogP contribution in [-0.2, 0) is 22.4 Å². The predicted octanol–water partition coefficient (Wildman–Crippen LogP) is 5.15. The zero-order valence-electron chi connectivity index (χ0n) is 18.4. The van der Waals surface area contributed by atoms with Gasteiger partial charge in [0.05, 0.1) is 16.7 Å². The lowest BCUT2D eigenvalue weighted by atomic mass is 9.98. The van der Waals surface area contributed by atoms with Crippen molar-refractivity contribution < 1.29 is 29.3 Å². The number of aryl methyl sites for hydroxylation is 1. The standard InChI is InChI=1S/C23H27Cl2NO6/c1-13-9-17(24)20(18(25)10-13)31-8-7-15-11-16(27)6-5-14(15)12-19(21(28)29)26-22(30)32-23(2,3)4/h5-6,9-11,19,27H,7-8,12H2,1-4H3,(H,26,30)(H,28,29)/t19-/m0/s1. The van der Waals surface area contributed by atoms with E-state index in [2.05, 4.69) is 5.32 Å². The Morgan fingerprint density at radius 2 is 1.72 bits per heavy atom. The van der Waals surface area contributed by atoms with Crippen molar-refractivity contribution >= 4 is 35.3 Å². The maximum absolute atomic E-state index is 12.0. The molecule has 2 aromatic rings. The summed E-state index contributed by atoms with van der Waals surface area (Å²) >= 11 is 12.4. The fourth-order valence-electron chi connectivity index (χ4n) is 3.00. The van der Waals surface area contributed by atoms with Crippen LogP contribution in [0.2, 0.25) is 10.0 Å². The number of ether oxygens (including phenoxy) is 2. The molecule has 0 aliphatic carbocycles. The van der Waals surface area contributed by atoms with Gasteiger partial charge >= 0.3 is 12.1 Å². The molecule has 3 N–H and O–H groups in total. The number of aromatic hydroxyl groups is 1. The van der Waals surface area contributed by atoms with Gasteiger partial charge in [0, 0.05) is 12.8 Å². The lowest BCUT2D eigenvalue weighted by molar-refractivity contribution is -0.139. The van der Waals surface area contributed by atoms with Crippen LogP contribution in [0.5, 0.6) is 11.5 Å². The minimum Gasteiger partial charge on any atom is -0.508 e. The number of carboxylic acids is 1. The van der Waals surface area contributed by atoms with Gasteiger partial charge in [0.2, 0.25) is 0 Å². The Kier molecular flexibility index (Phi) is 8.64. The number of carbonyl (C=O) groups is 2. The number of carboxylic acid groups (broad SMARTS) is 1. The second kappa shape index (κ2) is 10.8. The highest BCUT2D eigenvalue weighted by molar-refractivity contribution is 6.37. The number of phenols is 1. The van der Waals surface area contributed by atoms with Crippen LogP contribution < -0.4 is 10.1 Å². The summed E-state index contributed by atoms with van der Waals surface area (Å²) in [7, 11) is 0. The quantitative estimate of drug-likeness (QED) is 0.479. The van der Waals surface area contributed by atoms with E-state index in [0.717, 1.165) is 5.56 Å². The lowest BCUT2D eigenvalue weighted by Gasteiger charge is -2.22. The summed E-state index contributed by atoms with van der Waals surface area (Å²) < 4.78 is 10.9. The first-order valence-electron chi connectivity index (χ1n) is 9.97. The fraction of sp³-hybridized carbons (Fsp3) is 0.391. The van der Waals surface area contributed by atoms with Crippen LogP contribution in [0, 0.1) is 6.92 Å². The zero-order valence-corrected chi connectivity index (χ0v) is 19.9. The van der Waals surface area contributed by atoms with E-state index < -0.39 is 23.7 Å². The number of hydrogen-bond acceptors (Lipinski definition) is 5. The summed E-state index contributed by atoms with van der Waals surface area (Å²) in [6, 6.07) is 6.87. The van der Waals surface area contributed by atoms with Crippen molar-refractivity contribution in [3.05, 3.63) is 57.1 Å². The molecule has 0 spiro atoms. The van der Waals surface area contributed by atoms with E-state index in [1.165, 1.54) is 12.1 Å². The molecule has 0 aromatic heterocycles. The highest BCUT2D eigenvalue weighted by atomic mass is 35.5. The third-order valence-electron chi connectivity index (χ3n) is 4.36. The Morgan fingerprint density at radius 1 is 1.09 bits per heavy atom. The van der Waals surface area contributed by atoms with Crippen LogP contribution in [0.15, 0.2) is 30.3 Å². The number of halogens is 2. The summed E-state index contributed by atoms with van der Waals surface area (Å²) in [5.41, 5.74) is 1.45. The van der Waals surface area contributed by atoms with Crippen molar-refractivity contribution in [2.45, 2.75) is 52.2 Å². The van der Waals surface area contributed by atoms with Gasteiger partial charge in [-0.2, -0.15) is 0 Å². The Bertz CT molecular complexity index is 964. The zero-order chi connectivity index (χ0) is 24.1. The molecular weight excluding hydrogens is 457 g/mol. The van der Waals surface area contributed by atoms with E-state index in [4.69, 9.17) is 32.7 Å². The molecule has 7 nitrogen and oxygen atoms in total. The Hall–Kier alpha value is -2.64. The van der Waals surface area contributed by atoms with Crippen LogP contribution in [0.1, 0.15) is 37.5 Å². The number of amides is 1. The van der Waals surface area contributed by atoms with Gasteiger partial charge in [0.1, 0.15) is 17.4 Å². The van der Waals surface area contributed by atoms with Gasteiger partial charge in [-0.25, -0.2) is 9.59 Å². The molecule has 0 radical (unpaired) electrons. The first-order chi connectivity index (χ1) is 14.9. The van der Waals surface area contributed by atoms with Crippen LogP contribution in [0.4, 0.5) is 4.79 Å². The van der Waals surface area contributed by atoms with Gasteiger partial charge in [0.15, 0.2) is 5.75 Å². The molecule has 1 amide bonds. The second-order valence-corrected chi connectivity index (χ2v) is 9.16. The number of hydrogen-bond donors (Lipinski definition) is 3. The molecule has 0 fully saturated rings. The molecule has 174 valence electrons. The number of alkyl carbamates (subject to hydrolysis) is 1. The molecule has 0 saturated heterocycles. The molecule has 0 saturated carbocycles. The monoisotopic (exact) mass is 483 g/mol. The average molecular weight is 484 g/mol. The van der Waals surface area contributed by atoms with Crippen LogP contribution >= 0.6 is 23.2 Å².